The Balaban J connectivity index is 1.78. The van der Waals surface area contributed by atoms with E-state index in [2.05, 4.69) is 10.6 Å². The summed E-state index contributed by atoms with van der Waals surface area (Å²) in [7, 11) is 0. The molecule has 2 aliphatic rings. The Morgan fingerprint density at radius 3 is 2.29 bits per heavy atom. The first-order valence-electron chi connectivity index (χ1n) is 8.61. The SMILES string of the molecule is CC(C)(C)OC(=O)NC1CCC(CN2C(=O)NC(C)(C)C2=O)CC1. The highest BCUT2D eigenvalue weighted by atomic mass is 16.6. The second kappa shape index (κ2) is 6.61. The zero-order valence-electron chi connectivity index (χ0n) is 15.3. The summed E-state index contributed by atoms with van der Waals surface area (Å²) in [6.07, 6.45) is 3.02. The van der Waals surface area contributed by atoms with Crippen molar-refractivity contribution >= 4 is 18.0 Å². The van der Waals surface area contributed by atoms with Gasteiger partial charge >= 0.3 is 12.1 Å². The van der Waals surface area contributed by atoms with Crippen LogP contribution in [-0.4, -0.2) is 46.7 Å². The first-order chi connectivity index (χ1) is 11.0. The molecule has 2 fully saturated rings. The molecular weight excluding hydrogens is 310 g/mol. The minimum atomic E-state index is -0.813. The fourth-order valence-electron chi connectivity index (χ4n) is 3.21. The zero-order chi connectivity index (χ0) is 18.1. The van der Waals surface area contributed by atoms with Crippen LogP contribution in [0.1, 0.15) is 60.3 Å². The zero-order valence-corrected chi connectivity index (χ0v) is 15.3. The van der Waals surface area contributed by atoms with Crippen LogP contribution in [0.3, 0.4) is 0 Å². The quantitative estimate of drug-likeness (QED) is 0.773. The number of rotatable bonds is 3. The molecule has 4 amide bonds. The number of alkyl carbamates (subject to hydrolysis) is 1. The Morgan fingerprint density at radius 2 is 1.83 bits per heavy atom. The van der Waals surface area contributed by atoms with E-state index in [-0.39, 0.29) is 30.0 Å². The van der Waals surface area contributed by atoms with Crippen LogP contribution in [-0.2, 0) is 9.53 Å². The number of carbonyl (C=O) groups excluding carboxylic acids is 3. The number of amides is 4. The molecule has 1 aliphatic heterocycles. The van der Waals surface area contributed by atoms with E-state index in [0.29, 0.717) is 6.54 Å². The number of hydrogen-bond donors (Lipinski definition) is 2. The Kier molecular flexibility index (Phi) is 5.11. The van der Waals surface area contributed by atoms with Gasteiger partial charge in [-0.05, 0) is 66.2 Å². The first-order valence-corrected chi connectivity index (χ1v) is 8.61. The molecule has 24 heavy (non-hydrogen) atoms. The molecule has 7 nitrogen and oxygen atoms in total. The van der Waals surface area contributed by atoms with E-state index in [1.807, 2.05) is 20.8 Å². The maximum Gasteiger partial charge on any atom is 0.407 e. The normalized spacial score (nSPS) is 27.0. The van der Waals surface area contributed by atoms with E-state index in [4.69, 9.17) is 4.74 Å². The second-order valence-corrected chi connectivity index (χ2v) is 8.33. The highest BCUT2D eigenvalue weighted by Gasteiger charge is 2.45. The van der Waals surface area contributed by atoms with Crippen molar-refractivity contribution in [1.82, 2.24) is 15.5 Å². The van der Waals surface area contributed by atoms with Crippen molar-refractivity contribution in [3.63, 3.8) is 0 Å². The van der Waals surface area contributed by atoms with Gasteiger partial charge in [0.25, 0.3) is 5.91 Å². The molecule has 0 aromatic heterocycles. The van der Waals surface area contributed by atoms with Crippen molar-refractivity contribution in [3.8, 4) is 0 Å². The lowest BCUT2D eigenvalue weighted by Crippen LogP contribution is -2.43. The maximum absolute atomic E-state index is 12.2. The molecule has 1 heterocycles. The smallest absolute Gasteiger partial charge is 0.407 e. The number of carbonyl (C=O) groups is 3. The number of imide groups is 1. The lowest BCUT2D eigenvalue weighted by molar-refractivity contribution is -0.130. The third kappa shape index (κ3) is 4.61. The summed E-state index contributed by atoms with van der Waals surface area (Å²) in [5.41, 5.74) is -1.32. The van der Waals surface area contributed by atoms with Gasteiger partial charge in [0, 0.05) is 12.6 Å². The molecular formula is C17H29N3O4. The molecule has 0 unspecified atom stereocenters. The standard InChI is InChI=1S/C17H29N3O4/c1-16(2,3)24-15(23)18-12-8-6-11(7-9-12)10-20-13(21)17(4,5)19-14(20)22/h11-12H,6-10H2,1-5H3,(H,18,23)(H,19,22). The lowest BCUT2D eigenvalue weighted by Gasteiger charge is -2.31. The van der Waals surface area contributed by atoms with Crippen molar-refractivity contribution in [3.05, 3.63) is 0 Å². The van der Waals surface area contributed by atoms with Crippen LogP contribution in [0.4, 0.5) is 9.59 Å². The van der Waals surface area contributed by atoms with Gasteiger partial charge in [-0.15, -0.1) is 0 Å². The highest BCUT2D eigenvalue weighted by molar-refractivity contribution is 6.06. The van der Waals surface area contributed by atoms with Gasteiger partial charge in [0.05, 0.1) is 0 Å². The van der Waals surface area contributed by atoms with E-state index in [1.54, 1.807) is 13.8 Å². The third-order valence-electron chi connectivity index (χ3n) is 4.45. The largest absolute Gasteiger partial charge is 0.444 e. The Bertz CT molecular complexity index is 516. The molecule has 0 aromatic carbocycles. The summed E-state index contributed by atoms with van der Waals surface area (Å²) >= 11 is 0. The summed E-state index contributed by atoms with van der Waals surface area (Å²) in [6.45, 7) is 9.40. The van der Waals surface area contributed by atoms with Crippen LogP contribution in [0.5, 0.6) is 0 Å². The van der Waals surface area contributed by atoms with Gasteiger partial charge in [0.1, 0.15) is 11.1 Å². The number of ether oxygens (including phenoxy) is 1. The molecule has 1 saturated heterocycles. The van der Waals surface area contributed by atoms with E-state index in [0.717, 1.165) is 25.7 Å². The minimum absolute atomic E-state index is 0.0932. The summed E-state index contributed by atoms with van der Waals surface area (Å²) in [4.78, 5) is 37.3. The third-order valence-corrected chi connectivity index (χ3v) is 4.45. The van der Waals surface area contributed by atoms with Gasteiger partial charge in [-0.25, -0.2) is 9.59 Å². The van der Waals surface area contributed by atoms with Crippen LogP contribution in [0, 0.1) is 5.92 Å². The molecule has 136 valence electrons. The van der Waals surface area contributed by atoms with Crippen LogP contribution in [0.25, 0.3) is 0 Å². The fraction of sp³-hybridized carbons (Fsp3) is 0.824. The Morgan fingerprint density at radius 1 is 1.25 bits per heavy atom. The average Bonchev–Trinajstić information content (AvgIpc) is 2.61. The number of hydrogen-bond acceptors (Lipinski definition) is 4. The number of nitrogens with zero attached hydrogens (tertiary/aromatic N) is 1. The Labute approximate surface area is 143 Å². The van der Waals surface area contributed by atoms with E-state index >= 15 is 0 Å². The summed E-state index contributed by atoms with van der Waals surface area (Å²) in [6, 6.07) is -0.213. The molecule has 2 N–H and O–H groups in total. The fourth-order valence-corrected chi connectivity index (χ4v) is 3.21. The van der Waals surface area contributed by atoms with Crippen molar-refractivity contribution in [2.75, 3.05) is 6.54 Å². The van der Waals surface area contributed by atoms with E-state index < -0.39 is 11.1 Å². The van der Waals surface area contributed by atoms with E-state index in [1.165, 1.54) is 4.90 Å². The number of urea groups is 1. The summed E-state index contributed by atoms with van der Waals surface area (Å²) < 4.78 is 5.27. The van der Waals surface area contributed by atoms with Gasteiger partial charge in [0.2, 0.25) is 0 Å². The summed E-state index contributed by atoms with van der Waals surface area (Å²) in [5, 5.41) is 5.60. The van der Waals surface area contributed by atoms with Crippen LogP contribution in [0.2, 0.25) is 0 Å². The van der Waals surface area contributed by atoms with Gasteiger partial charge in [-0.2, -0.15) is 0 Å². The van der Waals surface area contributed by atoms with Crippen molar-refractivity contribution < 1.29 is 19.1 Å². The first kappa shape index (κ1) is 18.5. The minimum Gasteiger partial charge on any atom is -0.444 e. The molecule has 0 atom stereocenters. The molecule has 0 aromatic rings. The maximum atomic E-state index is 12.2. The molecule has 0 radical (unpaired) electrons. The molecule has 2 rings (SSSR count). The van der Waals surface area contributed by atoms with Crippen molar-refractivity contribution in [2.24, 2.45) is 5.92 Å². The van der Waals surface area contributed by atoms with E-state index in [9.17, 15) is 14.4 Å². The van der Waals surface area contributed by atoms with Gasteiger partial charge in [-0.3, -0.25) is 9.69 Å². The molecule has 1 saturated carbocycles. The highest BCUT2D eigenvalue weighted by Crippen LogP contribution is 2.27. The molecule has 0 spiro atoms. The van der Waals surface area contributed by atoms with Crippen molar-refractivity contribution in [2.45, 2.75) is 77.5 Å². The van der Waals surface area contributed by atoms with Crippen molar-refractivity contribution in [1.29, 1.82) is 0 Å². The van der Waals surface area contributed by atoms with Crippen LogP contribution >= 0.6 is 0 Å². The predicted octanol–water partition coefficient (Wildman–Crippen LogP) is 2.40. The number of nitrogens with one attached hydrogen (secondary N) is 2. The predicted molar refractivity (Wildman–Crippen MR) is 89.4 cm³/mol. The van der Waals surface area contributed by atoms with Gasteiger partial charge in [-0.1, -0.05) is 0 Å². The monoisotopic (exact) mass is 339 g/mol. The summed E-state index contributed by atoms with van der Waals surface area (Å²) in [5.74, 6) is 0.117. The van der Waals surface area contributed by atoms with Crippen LogP contribution < -0.4 is 10.6 Å². The Hall–Kier alpha value is -1.79. The topological polar surface area (TPSA) is 87.7 Å². The molecule has 0 bridgehead atoms. The molecule has 1 aliphatic carbocycles. The second-order valence-electron chi connectivity index (χ2n) is 8.33. The lowest BCUT2D eigenvalue weighted by atomic mass is 9.85. The van der Waals surface area contributed by atoms with Gasteiger partial charge in [0.15, 0.2) is 0 Å². The van der Waals surface area contributed by atoms with Crippen LogP contribution in [0.15, 0.2) is 0 Å². The van der Waals surface area contributed by atoms with Gasteiger partial charge < -0.3 is 15.4 Å². The average molecular weight is 339 g/mol. The molecule has 7 heteroatoms.